The summed E-state index contributed by atoms with van der Waals surface area (Å²) in [4.78, 5) is 14.2. The lowest BCUT2D eigenvalue weighted by Gasteiger charge is -2.39. The third kappa shape index (κ3) is 2.32. The summed E-state index contributed by atoms with van der Waals surface area (Å²) in [6, 6.07) is 0.421. The average Bonchev–Trinajstić information content (AvgIpc) is 2.23. The van der Waals surface area contributed by atoms with E-state index in [1.165, 1.54) is 0 Å². The molecule has 2 heterocycles. The lowest BCUT2D eigenvalue weighted by molar-refractivity contribution is -0.142. The predicted molar refractivity (Wildman–Crippen MR) is 57.6 cm³/mol. The van der Waals surface area contributed by atoms with E-state index in [9.17, 15) is 4.79 Å². The fourth-order valence-corrected chi connectivity index (χ4v) is 2.26. The van der Waals surface area contributed by atoms with Gasteiger partial charge in [0.25, 0.3) is 0 Å². The SMILES string of the molecule is CCN(C(=O)C1CCCOC1)C1CNC1. The van der Waals surface area contributed by atoms with E-state index >= 15 is 0 Å². The maximum absolute atomic E-state index is 12.2. The first kappa shape index (κ1) is 10.9. The van der Waals surface area contributed by atoms with E-state index in [0.29, 0.717) is 18.6 Å². The Bertz CT molecular complexity index is 223. The highest BCUT2D eigenvalue weighted by molar-refractivity contribution is 5.79. The maximum Gasteiger partial charge on any atom is 0.228 e. The van der Waals surface area contributed by atoms with Crippen LogP contribution in [0.25, 0.3) is 0 Å². The Morgan fingerprint density at radius 1 is 1.53 bits per heavy atom. The van der Waals surface area contributed by atoms with E-state index in [1.54, 1.807) is 0 Å². The second kappa shape index (κ2) is 4.94. The molecule has 0 saturated carbocycles. The number of likely N-dealkylation sites (N-methyl/N-ethyl adjacent to an activating group) is 1. The van der Waals surface area contributed by atoms with Crippen LogP contribution in [0.3, 0.4) is 0 Å². The van der Waals surface area contributed by atoms with Crippen LogP contribution in [-0.4, -0.2) is 49.7 Å². The first-order valence-electron chi connectivity index (χ1n) is 5.92. The predicted octanol–water partition coefficient (Wildman–Crippen LogP) is 0.233. The largest absolute Gasteiger partial charge is 0.381 e. The van der Waals surface area contributed by atoms with E-state index in [4.69, 9.17) is 4.74 Å². The number of hydrogen-bond acceptors (Lipinski definition) is 3. The minimum atomic E-state index is 0.110. The molecule has 2 rings (SSSR count). The summed E-state index contributed by atoms with van der Waals surface area (Å²) < 4.78 is 5.37. The van der Waals surface area contributed by atoms with Gasteiger partial charge in [-0.05, 0) is 19.8 Å². The molecule has 0 aromatic rings. The molecule has 2 aliphatic rings. The van der Waals surface area contributed by atoms with Crippen LogP contribution in [0.5, 0.6) is 0 Å². The van der Waals surface area contributed by atoms with Crippen LogP contribution in [0.1, 0.15) is 19.8 Å². The maximum atomic E-state index is 12.2. The minimum absolute atomic E-state index is 0.110. The van der Waals surface area contributed by atoms with E-state index in [-0.39, 0.29) is 5.92 Å². The third-order valence-corrected chi connectivity index (χ3v) is 3.33. The normalized spacial score (nSPS) is 27.1. The zero-order valence-electron chi connectivity index (χ0n) is 9.37. The Labute approximate surface area is 91.0 Å². The summed E-state index contributed by atoms with van der Waals surface area (Å²) >= 11 is 0. The summed E-state index contributed by atoms with van der Waals surface area (Å²) in [6.07, 6.45) is 2.02. The van der Waals surface area contributed by atoms with Crippen LogP contribution >= 0.6 is 0 Å². The number of amides is 1. The zero-order chi connectivity index (χ0) is 10.7. The fourth-order valence-electron chi connectivity index (χ4n) is 2.26. The van der Waals surface area contributed by atoms with Gasteiger partial charge in [-0.25, -0.2) is 0 Å². The number of ether oxygens (including phenoxy) is 1. The average molecular weight is 212 g/mol. The molecule has 2 fully saturated rings. The molecule has 0 aliphatic carbocycles. The summed E-state index contributed by atoms with van der Waals surface area (Å²) in [5.74, 6) is 0.406. The smallest absolute Gasteiger partial charge is 0.228 e. The van der Waals surface area contributed by atoms with Crippen LogP contribution in [0.4, 0.5) is 0 Å². The van der Waals surface area contributed by atoms with Crippen molar-refractivity contribution >= 4 is 5.91 Å². The molecule has 1 unspecified atom stereocenters. The number of carbonyl (C=O) groups excluding carboxylic acids is 1. The summed E-state index contributed by atoms with van der Waals surface area (Å²) in [5, 5.41) is 3.21. The number of rotatable bonds is 3. The number of carbonyl (C=O) groups is 1. The van der Waals surface area contributed by atoms with Crippen molar-refractivity contribution in [3.8, 4) is 0 Å². The zero-order valence-corrected chi connectivity index (χ0v) is 9.37. The van der Waals surface area contributed by atoms with Crippen molar-refractivity contribution in [2.45, 2.75) is 25.8 Å². The van der Waals surface area contributed by atoms with Gasteiger partial charge >= 0.3 is 0 Å². The van der Waals surface area contributed by atoms with Gasteiger partial charge in [0.15, 0.2) is 0 Å². The van der Waals surface area contributed by atoms with Crippen molar-refractivity contribution in [2.24, 2.45) is 5.92 Å². The molecule has 86 valence electrons. The van der Waals surface area contributed by atoms with E-state index < -0.39 is 0 Å². The Balaban J connectivity index is 1.90. The molecular formula is C11H20N2O2. The van der Waals surface area contributed by atoms with E-state index in [0.717, 1.165) is 39.1 Å². The van der Waals surface area contributed by atoms with Gasteiger partial charge < -0.3 is 15.0 Å². The van der Waals surface area contributed by atoms with Crippen LogP contribution < -0.4 is 5.32 Å². The monoisotopic (exact) mass is 212 g/mol. The molecule has 0 aromatic carbocycles. The highest BCUT2D eigenvalue weighted by atomic mass is 16.5. The summed E-state index contributed by atoms with van der Waals surface area (Å²) in [7, 11) is 0. The number of hydrogen-bond donors (Lipinski definition) is 1. The van der Waals surface area contributed by atoms with Gasteiger partial charge in [0, 0.05) is 26.2 Å². The molecule has 4 nitrogen and oxygen atoms in total. The molecule has 0 aromatic heterocycles. The van der Waals surface area contributed by atoms with Gasteiger partial charge in [0.2, 0.25) is 5.91 Å². The molecule has 2 aliphatic heterocycles. The molecule has 4 heteroatoms. The molecule has 0 spiro atoms. The number of nitrogens with zero attached hydrogens (tertiary/aromatic N) is 1. The van der Waals surface area contributed by atoms with Crippen molar-refractivity contribution in [2.75, 3.05) is 32.8 Å². The van der Waals surface area contributed by atoms with Gasteiger partial charge in [-0.1, -0.05) is 0 Å². The van der Waals surface area contributed by atoms with Crippen molar-refractivity contribution in [1.82, 2.24) is 10.2 Å². The highest BCUT2D eigenvalue weighted by Gasteiger charge is 2.32. The lowest BCUT2D eigenvalue weighted by Crippen LogP contribution is -2.60. The standard InChI is InChI=1S/C11H20N2O2/c1-2-13(10-6-12-7-10)11(14)9-4-3-5-15-8-9/h9-10,12H,2-8H2,1H3. The summed E-state index contributed by atoms with van der Waals surface area (Å²) in [6.45, 7) is 6.22. The topological polar surface area (TPSA) is 41.6 Å². The highest BCUT2D eigenvalue weighted by Crippen LogP contribution is 2.18. The molecule has 0 bridgehead atoms. The van der Waals surface area contributed by atoms with E-state index in [1.807, 2.05) is 4.90 Å². The molecular weight excluding hydrogens is 192 g/mol. The van der Waals surface area contributed by atoms with Gasteiger partial charge in [0.05, 0.1) is 18.6 Å². The van der Waals surface area contributed by atoms with Gasteiger partial charge in [-0.15, -0.1) is 0 Å². The van der Waals surface area contributed by atoms with Gasteiger partial charge in [-0.3, -0.25) is 4.79 Å². The van der Waals surface area contributed by atoms with Crippen molar-refractivity contribution < 1.29 is 9.53 Å². The summed E-state index contributed by atoms with van der Waals surface area (Å²) in [5.41, 5.74) is 0. The Morgan fingerprint density at radius 3 is 2.80 bits per heavy atom. The quantitative estimate of drug-likeness (QED) is 0.728. The van der Waals surface area contributed by atoms with Crippen molar-refractivity contribution in [1.29, 1.82) is 0 Å². The van der Waals surface area contributed by atoms with Crippen LogP contribution in [0.2, 0.25) is 0 Å². The molecule has 0 radical (unpaired) electrons. The molecule has 15 heavy (non-hydrogen) atoms. The minimum Gasteiger partial charge on any atom is -0.381 e. The fraction of sp³-hybridized carbons (Fsp3) is 0.909. The van der Waals surface area contributed by atoms with Crippen molar-refractivity contribution in [3.63, 3.8) is 0 Å². The van der Waals surface area contributed by atoms with Gasteiger partial charge in [0.1, 0.15) is 0 Å². The Hall–Kier alpha value is -0.610. The Morgan fingerprint density at radius 2 is 2.33 bits per heavy atom. The molecule has 1 amide bonds. The first-order valence-corrected chi connectivity index (χ1v) is 5.92. The van der Waals surface area contributed by atoms with Crippen LogP contribution in [-0.2, 0) is 9.53 Å². The molecule has 1 atom stereocenters. The van der Waals surface area contributed by atoms with Crippen molar-refractivity contribution in [3.05, 3.63) is 0 Å². The Kier molecular flexibility index (Phi) is 3.59. The molecule has 2 saturated heterocycles. The van der Waals surface area contributed by atoms with Crippen LogP contribution in [0.15, 0.2) is 0 Å². The second-order valence-electron chi connectivity index (χ2n) is 4.35. The second-order valence-corrected chi connectivity index (χ2v) is 4.35. The first-order chi connectivity index (χ1) is 7.33. The lowest BCUT2D eigenvalue weighted by atomic mass is 9.99. The molecule has 1 N–H and O–H groups in total. The van der Waals surface area contributed by atoms with Crippen LogP contribution in [0, 0.1) is 5.92 Å². The van der Waals surface area contributed by atoms with Gasteiger partial charge in [-0.2, -0.15) is 0 Å². The van der Waals surface area contributed by atoms with E-state index in [2.05, 4.69) is 12.2 Å². The third-order valence-electron chi connectivity index (χ3n) is 3.33. The number of nitrogens with one attached hydrogen (secondary N) is 1.